The summed E-state index contributed by atoms with van der Waals surface area (Å²) in [6, 6.07) is 7.29. The van der Waals surface area contributed by atoms with Crippen molar-refractivity contribution in [2.75, 3.05) is 0 Å². The minimum Gasteiger partial charge on any atom is -0.482 e. The van der Waals surface area contributed by atoms with Crippen LogP contribution >= 0.6 is 0 Å². The zero-order valence-corrected chi connectivity index (χ0v) is 11.2. The van der Waals surface area contributed by atoms with E-state index in [1.807, 2.05) is 18.2 Å². The molecule has 0 aliphatic heterocycles. The molecule has 0 radical (unpaired) electrons. The maximum atomic E-state index is 8.85. The Bertz CT molecular complexity index is 805. The summed E-state index contributed by atoms with van der Waals surface area (Å²) in [6.45, 7) is 0.197. The SMILES string of the molecule is Cn1cc(COc2c(/C(N)=N/O)oc3ccccc23)nn1. The molecule has 108 valence electrons. The zero-order valence-electron chi connectivity index (χ0n) is 11.2. The standard InChI is InChI=1S/C13H13N5O3/c1-18-6-8(15-17-18)7-20-11-9-4-2-3-5-10(9)21-12(11)13(14)16-19/h2-6,19H,7H2,1H3,(H2,14,16). The van der Waals surface area contributed by atoms with Crippen LogP contribution in [0.5, 0.6) is 5.75 Å². The van der Waals surface area contributed by atoms with Crippen molar-refractivity contribution in [2.45, 2.75) is 6.61 Å². The maximum absolute atomic E-state index is 8.85. The summed E-state index contributed by atoms with van der Waals surface area (Å²) in [4.78, 5) is 0. The van der Waals surface area contributed by atoms with Gasteiger partial charge >= 0.3 is 0 Å². The molecule has 21 heavy (non-hydrogen) atoms. The third-order valence-corrected chi connectivity index (χ3v) is 2.90. The van der Waals surface area contributed by atoms with Gasteiger partial charge in [-0.15, -0.1) is 5.10 Å². The van der Waals surface area contributed by atoms with E-state index in [2.05, 4.69) is 15.5 Å². The van der Waals surface area contributed by atoms with E-state index in [1.165, 1.54) is 0 Å². The largest absolute Gasteiger partial charge is 0.482 e. The van der Waals surface area contributed by atoms with Gasteiger partial charge in [0.1, 0.15) is 17.9 Å². The van der Waals surface area contributed by atoms with Gasteiger partial charge in [-0.3, -0.25) is 4.68 Å². The number of nitrogens with two attached hydrogens (primary N) is 1. The molecule has 3 rings (SSSR count). The van der Waals surface area contributed by atoms with E-state index in [9.17, 15) is 0 Å². The number of oxime groups is 1. The van der Waals surface area contributed by atoms with Crippen LogP contribution in [0.2, 0.25) is 0 Å². The number of furan rings is 1. The van der Waals surface area contributed by atoms with Gasteiger partial charge in [-0.1, -0.05) is 22.5 Å². The fourth-order valence-corrected chi connectivity index (χ4v) is 1.99. The van der Waals surface area contributed by atoms with E-state index < -0.39 is 0 Å². The van der Waals surface area contributed by atoms with Gasteiger partial charge in [0, 0.05) is 7.05 Å². The molecular weight excluding hydrogens is 274 g/mol. The van der Waals surface area contributed by atoms with Crippen LogP contribution in [-0.2, 0) is 13.7 Å². The molecule has 0 bridgehead atoms. The Kier molecular flexibility index (Phi) is 3.19. The maximum Gasteiger partial charge on any atom is 0.215 e. The molecule has 2 heterocycles. The van der Waals surface area contributed by atoms with Crippen LogP contribution in [0.1, 0.15) is 11.5 Å². The smallest absolute Gasteiger partial charge is 0.215 e. The topological polar surface area (TPSA) is 112 Å². The number of fused-ring (bicyclic) bond motifs is 1. The van der Waals surface area contributed by atoms with Crippen molar-refractivity contribution >= 4 is 16.8 Å². The monoisotopic (exact) mass is 287 g/mol. The summed E-state index contributed by atoms with van der Waals surface area (Å²) in [5.41, 5.74) is 6.88. The van der Waals surface area contributed by atoms with Crippen LogP contribution in [-0.4, -0.2) is 26.0 Å². The van der Waals surface area contributed by atoms with Gasteiger partial charge in [-0.25, -0.2) is 0 Å². The number of hydrogen-bond acceptors (Lipinski definition) is 6. The number of nitrogens with zero attached hydrogens (tertiary/aromatic N) is 4. The molecule has 0 saturated heterocycles. The number of aromatic nitrogens is 3. The summed E-state index contributed by atoms with van der Waals surface area (Å²) in [7, 11) is 1.77. The van der Waals surface area contributed by atoms with Gasteiger partial charge in [0.2, 0.25) is 11.6 Å². The van der Waals surface area contributed by atoms with Gasteiger partial charge in [0.25, 0.3) is 0 Å². The fraction of sp³-hybridized carbons (Fsp3) is 0.154. The van der Waals surface area contributed by atoms with Gasteiger partial charge in [-0.05, 0) is 12.1 Å². The molecule has 2 aromatic heterocycles. The van der Waals surface area contributed by atoms with E-state index in [1.54, 1.807) is 24.0 Å². The van der Waals surface area contributed by atoms with Crippen molar-refractivity contribution in [1.29, 1.82) is 0 Å². The van der Waals surface area contributed by atoms with E-state index in [4.69, 9.17) is 20.1 Å². The van der Waals surface area contributed by atoms with Crippen LogP contribution in [0, 0.1) is 0 Å². The van der Waals surface area contributed by atoms with Crippen molar-refractivity contribution < 1.29 is 14.4 Å². The lowest BCUT2D eigenvalue weighted by Gasteiger charge is -2.03. The molecule has 0 spiro atoms. The number of para-hydroxylation sites is 1. The zero-order chi connectivity index (χ0) is 14.8. The summed E-state index contributed by atoms with van der Waals surface area (Å²) < 4.78 is 12.9. The highest BCUT2D eigenvalue weighted by atomic mass is 16.5. The fourth-order valence-electron chi connectivity index (χ4n) is 1.99. The molecule has 0 aliphatic rings. The number of benzene rings is 1. The Balaban J connectivity index is 1.98. The van der Waals surface area contributed by atoms with Crippen molar-refractivity contribution in [1.82, 2.24) is 15.0 Å². The lowest BCUT2D eigenvalue weighted by molar-refractivity contribution is 0.296. The number of rotatable bonds is 4. The Labute approximate surface area is 119 Å². The van der Waals surface area contributed by atoms with Crippen LogP contribution < -0.4 is 10.5 Å². The molecule has 1 aromatic carbocycles. The molecule has 0 aliphatic carbocycles. The lowest BCUT2D eigenvalue weighted by Crippen LogP contribution is -2.13. The second-order valence-electron chi connectivity index (χ2n) is 4.41. The van der Waals surface area contributed by atoms with Crippen molar-refractivity contribution in [2.24, 2.45) is 17.9 Å². The van der Waals surface area contributed by atoms with Crippen LogP contribution in [0.3, 0.4) is 0 Å². The summed E-state index contributed by atoms with van der Waals surface area (Å²) >= 11 is 0. The summed E-state index contributed by atoms with van der Waals surface area (Å²) in [6.07, 6.45) is 1.74. The van der Waals surface area contributed by atoms with E-state index in [0.717, 1.165) is 5.39 Å². The third-order valence-electron chi connectivity index (χ3n) is 2.90. The quantitative estimate of drug-likeness (QED) is 0.323. The van der Waals surface area contributed by atoms with Crippen LogP contribution in [0.25, 0.3) is 11.0 Å². The first-order valence-corrected chi connectivity index (χ1v) is 6.16. The minimum absolute atomic E-state index is 0.152. The Hall–Kier alpha value is -3.03. The normalized spacial score (nSPS) is 12.0. The van der Waals surface area contributed by atoms with Gasteiger partial charge in [0.15, 0.2) is 5.75 Å². The molecule has 3 N–H and O–H groups in total. The highest BCUT2D eigenvalue weighted by Gasteiger charge is 2.19. The van der Waals surface area contributed by atoms with Crippen molar-refractivity contribution in [3.05, 3.63) is 41.9 Å². The average molecular weight is 287 g/mol. The summed E-state index contributed by atoms with van der Waals surface area (Å²) in [5, 5.41) is 20.3. The third kappa shape index (κ3) is 2.38. The van der Waals surface area contributed by atoms with Crippen LogP contribution in [0.4, 0.5) is 0 Å². The highest BCUT2D eigenvalue weighted by molar-refractivity contribution is 6.03. The Morgan fingerprint density at radius 1 is 1.48 bits per heavy atom. The van der Waals surface area contributed by atoms with Crippen LogP contribution in [0.15, 0.2) is 40.0 Å². The molecule has 0 saturated carbocycles. The molecule has 8 heteroatoms. The average Bonchev–Trinajstić information content (AvgIpc) is 3.07. The molecule has 0 fully saturated rings. The predicted octanol–water partition coefficient (Wildman–Crippen LogP) is 1.23. The molecular formula is C13H13N5O3. The number of amidine groups is 1. The number of aryl methyl sites for hydroxylation is 1. The Morgan fingerprint density at radius 3 is 3.00 bits per heavy atom. The van der Waals surface area contributed by atoms with E-state index in [0.29, 0.717) is 17.0 Å². The first kappa shape index (κ1) is 13.0. The highest BCUT2D eigenvalue weighted by Crippen LogP contribution is 2.33. The number of hydrogen-bond donors (Lipinski definition) is 2. The minimum atomic E-state index is -0.152. The second kappa shape index (κ2) is 5.16. The van der Waals surface area contributed by atoms with Gasteiger partial charge < -0.3 is 20.1 Å². The molecule has 0 unspecified atom stereocenters. The lowest BCUT2D eigenvalue weighted by atomic mass is 10.2. The van der Waals surface area contributed by atoms with Crippen molar-refractivity contribution in [3.63, 3.8) is 0 Å². The molecule has 0 amide bonds. The Morgan fingerprint density at radius 2 is 2.29 bits per heavy atom. The second-order valence-corrected chi connectivity index (χ2v) is 4.41. The summed E-state index contributed by atoms with van der Waals surface area (Å²) in [5.74, 6) is 0.439. The van der Waals surface area contributed by atoms with Gasteiger partial charge in [-0.2, -0.15) is 0 Å². The molecule has 0 atom stereocenters. The molecule has 3 aromatic rings. The van der Waals surface area contributed by atoms with Crippen molar-refractivity contribution in [3.8, 4) is 5.75 Å². The molecule has 8 nitrogen and oxygen atoms in total. The van der Waals surface area contributed by atoms with Gasteiger partial charge in [0.05, 0.1) is 11.6 Å². The first-order valence-electron chi connectivity index (χ1n) is 6.16. The number of ether oxygens (including phenoxy) is 1. The van der Waals surface area contributed by atoms with E-state index >= 15 is 0 Å². The van der Waals surface area contributed by atoms with E-state index in [-0.39, 0.29) is 18.2 Å². The predicted molar refractivity (Wildman–Crippen MR) is 74.1 cm³/mol. The first-order chi connectivity index (χ1) is 10.2.